The summed E-state index contributed by atoms with van der Waals surface area (Å²) in [5, 5.41) is 4.99. The van der Waals surface area contributed by atoms with Crippen molar-refractivity contribution >= 4 is 33.4 Å². The number of carbonyl (C=O) groups is 1. The Labute approximate surface area is 184 Å². The lowest BCUT2D eigenvalue weighted by Gasteiger charge is -2.19. The summed E-state index contributed by atoms with van der Waals surface area (Å²) in [4.78, 5) is 14.6. The van der Waals surface area contributed by atoms with Gasteiger partial charge in [-0.25, -0.2) is 0 Å². The molecular weight excluding hydrogens is 454 g/mol. The van der Waals surface area contributed by atoms with Crippen LogP contribution in [0.15, 0.2) is 53.1 Å². The SMILES string of the molecule is CCn1ncc(Br)c1CN(C)C(=O)c1cccc(COc2ccc(Cl)cc2C)c1. The van der Waals surface area contributed by atoms with Crippen molar-refractivity contribution in [3.8, 4) is 5.75 Å². The molecule has 0 atom stereocenters. The number of amides is 1. The molecule has 0 saturated heterocycles. The molecule has 0 aliphatic heterocycles. The average molecular weight is 477 g/mol. The number of rotatable bonds is 7. The molecule has 152 valence electrons. The minimum absolute atomic E-state index is 0.0507. The van der Waals surface area contributed by atoms with Gasteiger partial charge in [0.1, 0.15) is 12.4 Å². The molecule has 3 rings (SSSR count). The van der Waals surface area contributed by atoms with E-state index in [0.29, 0.717) is 23.7 Å². The Kier molecular flexibility index (Phi) is 6.98. The summed E-state index contributed by atoms with van der Waals surface area (Å²) in [6.45, 7) is 5.57. The molecule has 0 spiro atoms. The van der Waals surface area contributed by atoms with Gasteiger partial charge in [-0.3, -0.25) is 9.48 Å². The lowest BCUT2D eigenvalue weighted by molar-refractivity contribution is 0.0781. The van der Waals surface area contributed by atoms with Gasteiger partial charge >= 0.3 is 0 Å². The molecule has 0 fully saturated rings. The summed E-state index contributed by atoms with van der Waals surface area (Å²) in [6, 6.07) is 13.0. The lowest BCUT2D eigenvalue weighted by Crippen LogP contribution is -2.27. The smallest absolute Gasteiger partial charge is 0.253 e. The zero-order valence-corrected chi connectivity index (χ0v) is 19.0. The van der Waals surface area contributed by atoms with Crippen LogP contribution in [0.5, 0.6) is 5.75 Å². The highest BCUT2D eigenvalue weighted by molar-refractivity contribution is 9.10. The second kappa shape index (κ2) is 9.46. The van der Waals surface area contributed by atoms with Gasteiger partial charge in [0, 0.05) is 24.2 Å². The molecule has 0 aliphatic carbocycles. The zero-order valence-electron chi connectivity index (χ0n) is 16.7. The van der Waals surface area contributed by atoms with Crippen molar-refractivity contribution in [1.82, 2.24) is 14.7 Å². The largest absolute Gasteiger partial charge is 0.489 e. The number of hydrogen-bond acceptors (Lipinski definition) is 3. The van der Waals surface area contributed by atoms with E-state index in [-0.39, 0.29) is 5.91 Å². The van der Waals surface area contributed by atoms with Gasteiger partial charge in [0.2, 0.25) is 0 Å². The first kappa shape index (κ1) is 21.4. The number of aromatic nitrogens is 2. The maximum atomic E-state index is 12.9. The summed E-state index contributed by atoms with van der Waals surface area (Å²) in [7, 11) is 1.79. The van der Waals surface area contributed by atoms with E-state index in [1.807, 2.05) is 54.9 Å². The van der Waals surface area contributed by atoms with Gasteiger partial charge in [0.25, 0.3) is 5.91 Å². The number of aryl methyl sites for hydroxylation is 2. The molecule has 0 bridgehead atoms. The highest BCUT2D eigenvalue weighted by Crippen LogP contribution is 2.23. The topological polar surface area (TPSA) is 47.4 Å². The van der Waals surface area contributed by atoms with Gasteiger partial charge in [-0.2, -0.15) is 5.10 Å². The fraction of sp³-hybridized carbons (Fsp3) is 0.273. The van der Waals surface area contributed by atoms with Crippen LogP contribution in [0.4, 0.5) is 0 Å². The number of hydrogen-bond donors (Lipinski definition) is 0. The number of nitrogens with zero attached hydrogens (tertiary/aromatic N) is 3. The van der Waals surface area contributed by atoms with Crippen LogP contribution < -0.4 is 4.74 Å². The molecule has 0 radical (unpaired) electrons. The van der Waals surface area contributed by atoms with E-state index in [9.17, 15) is 4.79 Å². The number of halogens is 2. The monoisotopic (exact) mass is 475 g/mol. The molecule has 7 heteroatoms. The van der Waals surface area contributed by atoms with E-state index in [1.165, 1.54) is 0 Å². The highest BCUT2D eigenvalue weighted by Gasteiger charge is 2.16. The van der Waals surface area contributed by atoms with E-state index < -0.39 is 0 Å². The summed E-state index contributed by atoms with van der Waals surface area (Å²) in [6.07, 6.45) is 1.76. The molecule has 0 N–H and O–H groups in total. The Morgan fingerprint density at radius 2 is 2.07 bits per heavy atom. The Balaban J connectivity index is 1.69. The summed E-state index contributed by atoms with van der Waals surface area (Å²) in [5.41, 5.74) is 3.50. The molecule has 29 heavy (non-hydrogen) atoms. The van der Waals surface area contributed by atoms with Crippen LogP contribution >= 0.6 is 27.5 Å². The van der Waals surface area contributed by atoms with Gasteiger partial charge < -0.3 is 9.64 Å². The second-order valence-electron chi connectivity index (χ2n) is 6.82. The molecule has 1 aromatic heterocycles. The van der Waals surface area contributed by atoms with Crippen LogP contribution in [-0.2, 0) is 19.7 Å². The summed E-state index contributed by atoms with van der Waals surface area (Å²) < 4.78 is 8.69. The fourth-order valence-electron chi connectivity index (χ4n) is 3.06. The summed E-state index contributed by atoms with van der Waals surface area (Å²) >= 11 is 9.50. The first-order chi connectivity index (χ1) is 13.9. The van der Waals surface area contributed by atoms with Gasteiger partial charge in [0.15, 0.2) is 0 Å². The quantitative estimate of drug-likeness (QED) is 0.454. The van der Waals surface area contributed by atoms with Crippen molar-refractivity contribution in [1.29, 1.82) is 0 Å². The van der Waals surface area contributed by atoms with Gasteiger partial charge in [0.05, 0.1) is 22.9 Å². The van der Waals surface area contributed by atoms with E-state index >= 15 is 0 Å². The Morgan fingerprint density at radius 3 is 2.79 bits per heavy atom. The highest BCUT2D eigenvalue weighted by atomic mass is 79.9. The van der Waals surface area contributed by atoms with Gasteiger partial charge in [-0.05, 0) is 71.2 Å². The van der Waals surface area contributed by atoms with Crippen molar-refractivity contribution in [3.63, 3.8) is 0 Å². The van der Waals surface area contributed by atoms with Crippen LogP contribution in [0.25, 0.3) is 0 Å². The third-order valence-electron chi connectivity index (χ3n) is 4.64. The van der Waals surface area contributed by atoms with E-state index in [0.717, 1.165) is 33.6 Å². The number of ether oxygens (including phenoxy) is 1. The van der Waals surface area contributed by atoms with Crippen LogP contribution in [-0.4, -0.2) is 27.6 Å². The van der Waals surface area contributed by atoms with Crippen molar-refractivity contribution in [2.75, 3.05) is 7.05 Å². The minimum atomic E-state index is -0.0507. The number of benzene rings is 2. The number of carbonyl (C=O) groups excluding carboxylic acids is 1. The predicted octanol–water partition coefficient (Wildman–Crippen LogP) is 5.48. The van der Waals surface area contributed by atoms with E-state index in [2.05, 4.69) is 21.0 Å². The molecule has 1 heterocycles. The molecule has 0 unspecified atom stereocenters. The van der Waals surface area contributed by atoms with Gasteiger partial charge in [-0.15, -0.1) is 0 Å². The van der Waals surface area contributed by atoms with Crippen LogP contribution in [0, 0.1) is 6.92 Å². The van der Waals surface area contributed by atoms with Crippen LogP contribution in [0.2, 0.25) is 5.02 Å². The van der Waals surface area contributed by atoms with E-state index in [1.54, 1.807) is 24.2 Å². The van der Waals surface area contributed by atoms with Crippen molar-refractivity contribution < 1.29 is 9.53 Å². The normalized spacial score (nSPS) is 10.8. The maximum absolute atomic E-state index is 12.9. The van der Waals surface area contributed by atoms with Crippen molar-refractivity contribution in [2.45, 2.75) is 33.5 Å². The fourth-order valence-corrected chi connectivity index (χ4v) is 3.71. The summed E-state index contributed by atoms with van der Waals surface area (Å²) in [5.74, 6) is 0.728. The van der Waals surface area contributed by atoms with Gasteiger partial charge in [-0.1, -0.05) is 23.7 Å². The average Bonchev–Trinajstić information content (AvgIpc) is 3.06. The zero-order chi connectivity index (χ0) is 21.0. The first-order valence-corrected chi connectivity index (χ1v) is 10.5. The molecule has 0 saturated carbocycles. The Hall–Kier alpha value is -2.31. The molecule has 5 nitrogen and oxygen atoms in total. The molecule has 0 aliphatic rings. The maximum Gasteiger partial charge on any atom is 0.253 e. The standard InChI is InChI=1S/C22H23BrClN3O2/c1-4-27-20(19(23)12-25-27)13-26(3)22(28)17-7-5-6-16(11-17)14-29-21-9-8-18(24)10-15(21)2/h5-12H,4,13-14H2,1-3H3. The van der Waals surface area contributed by atoms with Crippen LogP contribution in [0.1, 0.15) is 34.1 Å². The van der Waals surface area contributed by atoms with Crippen LogP contribution in [0.3, 0.4) is 0 Å². The second-order valence-corrected chi connectivity index (χ2v) is 8.11. The third kappa shape index (κ3) is 5.19. The molecule has 2 aromatic carbocycles. The lowest BCUT2D eigenvalue weighted by atomic mass is 10.1. The molecule has 1 amide bonds. The Bertz CT molecular complexity index is 1020. The molecule has 3 aromatic rings. The third-order valence-corrected chi connectivity index (χ3v) is 5.53. The first-order valence-electron chi connectivity index (χ1n) is 9.32. The van der Waals surface area contributed by atoms with E-state index in [4.69, 9.17) is 16.3 Å². The molecular formula is C22H23BrClN3O2. The predicted molar refractivity (Wildman–Crippen MR) is 118 cm³/mol. The minimum Gasteiger partial charge on any atom is -0.489 e. The van der Waals surface area contributed by atoms with Crippen molar-refractivity contribution in [2.24, 2.45) is 0 Å². The van der Waals surface area contributed by atoms with Crippen molar-refractivity contribution in [3.05, 3.63) is 80.5 Å². The Morgan fingerprint density at radius 1 is 1.28 bits per heavy atom.